The molecule has 0 N–H and O–H groups in total. The van der Waals surface area contributed by atoms with Crippen LogP contribution in [0.3, 0.4) is 0 Å². The van der Waals surface area contributed by atoms with Crippen LogP contribution in [-0.4, -0.2) is 15.8 Å². The van der Waals surface area contributed by atoms with Gasteiger partial charge >= 0.3 is 0 Å². The van der Waals surface area contributed by atoms with Crippen LogP contribution in [0.25, 0.3) is 10.9 Å². The molecule has 0 amide bonds. The van der Waals surface area contributed by atoms with Gasteiger partial charge < -0.3 is 0 Å². The van der Waals surface area contributed by atoms with Crippen LogP contribution in [0.2, 0.25) is 0 Å². The number of para-hydroxylation sites is 1. The van der Waals surface area contributed by atoms with E-state index in [9.17, 15) is 4.79 Å². The highest BCUT2D eigenvalue weighted by Crippen LogP contribution is 2.14. The van der Waals surface area contributed by atoms with E-state index in [0.29, 0.717) is 5.82 Å². The van der Waals surface area contributed by atoms with E-state index in [-0.39, 0.29) is 5.78 Å². The number of ketones is 1. The molecule has 3 heteroatoms. The number of aromatic nitrogens is 2. The number of aryl methyl sites for hydroxylation is 1. The van der Waals surface area contributed by atoms with E-state index in [4.69, 9.17) is 0 Å². The third-order valence-corrected chi connectivity index (χ3v) is 2.11. The summed E-state index contributed by atoms with van der Waals surface area (Å²) in [5, 5.41) is 0.998. The maximum absolute atomic E-state index is 11.1. The summed E-state index contributed by atoms with van der Waals surface area (Å²) in [4.78, 5) is 19.4. The second-order valence-corrected chi connectivity index (χ2v) is 3.21. The van der Waals surface area contributed by atoms with Crippen molar-refractivity contribution in [2.75, 3.05) is 0 Å². The Hall–Kier alpha value is -1.77. The zero-order chi connectivity index (χ0) is 10.1. The van der Waals surface area contributed by atoms with Crippen molar-refractivity contribution in [1.82, 2.24) is 9.97 Å². The van der Waals surface area contributed by atoms with Gasteiger partial charge in [0.25, 0.3) is 0 Å². The fourth-order valence-electron chi connectivity index (χ4n) is 1.39. The van der Waals surface area contributed by atoms with E-state index >= 15 is 0 Å². The topological polar surface area (TPSA) is 42.9 Å². The molecule has 0 atom stereocenters. The van der Waals surface area contributed by atoms with Crippen molar-refractivity contribution in [3.8, 4) is 0 Å². The third-order valence-electron chi connectivity index (χ3n) is 2.11. The lowest BCUT2D eigenvalue weighted by molar-refractivity contribution is 0.100. The van der Waals surface area contributed by atoms with Gasteiger partial charge in [-0.15, -0.1) is 0 Å². The number of rotatable bonds is 1. The van der Waals surface area contributed by atoms with E-state index < -0.39 is 0 Å². The first kappa shape index (κ1) is 8.81. The van der Waals surface area contributed by atoms with Crippen molar-refractivity contribution in [3.05, 3.63) is 35.8 Å². The van der Waals surface area contributed by atoms with Gasteiger partial charge in [-0.1, -0.05) is 18.2 Å². The van der Waals surface area contributed by atoms with Crippen molar-refractivity contribution in [2.45, 2.75) is 13.8 Å². The van der Waals surface area contributed by atoms with Gasteiger partial charge in [0, 0.05) is 18.0 Å². The minimum Gasteiger partial charge on any atom is -0.291 e. The highest BCUT2D eigenvalue weighted by Gasteiger charge is 2.06. The van der Waals surface area contributed by atoms with Gasteiger partial charge in [0.2, 0.25) is 0 Å². The molecule has 0 aliphatic carbocycles. The lowest BCUT2D eigenvalue weighted by Crippen LogP contribution is -2.02. The molecule has 0 bridgehead atoms. The smallest absolute Gasteiger partial charge is 0.196 e. The van der Waals surface area contributed by atoms with Crippen LogP contribution in [0.5, 0.6) is 0 Å². The van der Waals surface area contributed by atoms with E-state index in [0.717, 1.165) is 16.6 Å². The van der Waals surface area contributed by atoms with E-state index in [1.807, 2.05) is 31.2 Å². The summed E-state index contributed by atoms with van der Waals surface area (Å²) in [5.74, 6) is 0.194. The predicted octanol–water partition coefficient (Wildman–Crippen LogP) is 2.14. The molecule has 3 nitrogen and oxygen atoms in total. The zero-order valence-electron chi connectivity index (χ0n) is 8.11. The predicted molar refractivity (Wildman–Crippen MR) is 54.3 cm³/mol. The minimum atomic E-state index is -0.0983. The maximum atomic E-state index is 11.1. The van der Waals surface area contributed by atoms with Crippen LogP contribution < -0.4 is 0 Å². The van der Waals surface area contributed by atoms with Gasteiger partial charge in [-0.2, -0.15) is 0 Å². The van der Waals surface area contributed by atoms with Crippen molar-refractivity contribution < 1.29 is 4.79 Å². The monoisotopic (exact) mass is 186 g/mol. The van der Waals surface area contributed by atoms with Crippen LogP contribution in [0.15, 0.2) is 24.3 Å². The number of nitrogens with zero attached hydrogens (tertiary/aromatic N) is 2. The number of benzene rings is 1. The Balaban J connectivity index is 2.78. The number of carbonyl (C=O) groups is 1. The Labute approximate surface area is 81.8 Å². The average Bonchev–Trinajstić information content (AvgIpc) is 2.17. The molecule has 0 saturated heterocycles. The normalized spacial score (nSPS) is 10.4. The van der Waals surface area contributed by atoms with Crippen LogP contribution >= 0.6 is 0 Å². The first-order valence-electron chi connectivity index (χ1n) is 4.43. The van der Waals surface area contributed by atoms with Gasteiger partial charge in [0.15, 0.2) is 11.6 Å². The van der Waals surface area contributed by atoms with Crippen LogP contribution in [0.1, 0.15) is 23.2 Å². The van der Waals surface area contributed by atoms with Gasteiger partial charge in [-0.25, -0.2) is 9.97 Å². The molecule has 0 spiro atoms. The highest BCUT2D eigenvalue weighted by molar-refractivity contribution is 5.93. The Morgan fingerprint density at radius 3 is 2.64 bits per heavy atom. The molecule has 1 heterocycles. The van der Waals surface area contributed by atoms with Crippen molar-refractivity contribution in [2.24, 2.45) is 0 Å². The quantitative estimate of drug-likeness (QED) is 0.641. The van der Waals surface area contributed by atoms with Crippen LogP contribution in [0, 0.1) is 6.92 Å². The Morgan fingerprint density at radius 1 is 1.21 bits per heavy atom. The minimum absolute atomic E-state index is 0.0983. The van der Waals surface area contributed by atoms with E-state index in [2.05, 4.69) is 9.97 Å². The van der Waals surface area contributed by atoms with Gasteiger partial charge in [-0.05, 0) is 13.0 Å². The highest BCUT2D eigenvalue weighted by atomic mass is 16.1. The molecule has 0 radical (unpaired) electrons. The fraction of sp³-hybridized carbons (Fsp3) is 0.182. The Morgan fingerprint density at radius 2 is 1.93 bits per heavy atom. The molecule has 0 aliphatic heterocycles. The second-order valence-electron chi connectivity index (χ2n) is 3.21. The number of hydrogen-bond donors (Lipinski definition) is 0. The number of hydrogen-bond acceptors (Lipinski definition) is 3. The lowest BCUT2D eigenvalue weighted by Gasteiger charge is -2.02. The third kappa shape index (κ3) is 1.37. The molecule has 0 aliphatic rings. The summed E-state index contributed by atoms with van der Waals surface area (Å²) in [5.41, 5.74) is 1.67. The molecule has 0 saturated carbocycles. The standard InChI is InChI=1S/C11H10N2O/c1-7-9-5-3-4-6-10(9)13-11(12-7)8(2)14/h3-6H,1-2H3. The Kier molecular flexibility index (Phi) is 2.00. The summed E-state index contributed by atoms with van der Waals surface area (Å²) in [6.45, 7) is 3.36. The summed E-state index contributed by atoms with van der Waals surface area (Å²) in [7, 11) is 0. The van der Waals surface area contributed by atoms with Crippen molar-refractivity contribution in [1.29, 1.82) is 0 Å². The fourth-order valence-corrected chi connectivity index (χ4v) is 1.39. The number of carbonyl (C=O) groups excluding carboxylic acids is 1. The van der Waals surface area contributed by atoms with E-state index in [1.54, 1.807) is 0 Å². The molecule has 0 fully saturated rings. The molecule has 2 rings (SSSR count). The first-order valence-corrected chi connectivity index (χ1v) is 4.43. The molecule has 14 heavy (non-hydrogen) atoms. The summed E-state index contributed by atoms with van der Waals surface area (Å²) < 4.78 is 0. The maximum Gasteiger partial charge on any atom is 0.196 e. The van der Waals surface area contributed by atoms with Gasteiger partial charge in [0.05, 0.1) is 5.52 Å². The summed E-state index contributed by atoms with van der Waals surface area (Å²) in [6, 6.07) is 7.68. The molecular weight excluding hydrogens is 176 g/mol. The summed E-state index contributed by atoms with van der Waals surface area (Å²) >= 11 is 0. The zero-order valence-corrected chi connectivity index (χ0v) is 8.11. The van der Waals surface area contributed by atoms with Crippen LogP contribution in [0.4, 0.5) is 0 Å². The molecule has 1 aromatic carbocycles. The van der Waals surface area contributed by atoms with E-state index in [1.165, 1.54) is 6.92 Å². The molecule has 2 aromatic rings. The average molecular weight is 186 g/mol. The Bertz CT molecular complexity index is 506. The summed E-state index contributed by atoms with van der Waals surface area (Å²) in [6.07, 6.45) is 0. The number of Topliss-reactive ketones (excluding diaryl/α,β-unsaturated/α-hetero) is 1. The van der Waals surface area contributed by atoms with Crippen molar-refractivity contribution >= 4 is 16.7 Å². The lowest BCUT2D eigenvalue weighted by atomic mass is 10.2. The number of fused-ring (bicyclic) bond motifs is 1. The molecule has 0 unspecified atom stereocenters. The molecule has 1 aromatic heterocycles. The van der Waals surface area contributed by atoms with Crippen LogP contribution in [-0.2, 0) is 0 Å². The molecular formula is C11H10N2O. The van der Waals surface area contributed by atoms with Crippen molar-refractivity contribution in [3.63, 3.8) is 0 Å². The van der Waals surface area contributed by atoms with Gasteiger partial charge in [-0.3, -0.25) is 4.79 Å². The second kappa shape index (κ2) is 3.18. The molecule has 70 valence electrons. The first-order chi connectivity index (χ1) is 6.68. The van der Waals surface area contributed by atoms with Gasteiger partial charge in [0.1, 0.15) is 0 Å². The largest absolute Gasteiger partial charge is 0.291 e. The SMILES string of the molecule is CC(=O)c1nc(C)c2ccccc2n1.